The van der Waals surface area contributed by atoms with Crippen LogP contribution in [0.25, 0.3) is 0 Å². The monoisotopic (exact) mass is 716 g/mol. The number of primary amides is 1. The zero-order chi connectivity index (χ0) is 35.9. The third kappa shape index (κ3) is 10.4. The Balaban J connectivity index is 1.53. The van der Waals surface area contributed by atoms with Gasteiger partial charge in [0.1, 0.15) is 17.2 Å². The largest absolute Gasteiger partial charge is 0.440 e. The minimum Gasteiger partial charge on any atom is -0.440 e. The van der Waals surface area contributed by atoms with Gasteiger partial charge in [0.2, 0.25) is 17.6 Å². The van der Waals surface area contributed by atoms with Crippen LogP contribution in [0, 0.1) is 17.7 Å². The summed E-state index contributed by atoms with van der Waals surface area (Å²) in [4.78, 5) is 64.7. The Bertz CT molecular complexity index is 1550. The third-order valence-electron chi connectivity index (χ3n) is 9.43. The molecule has 2 fully saturated rings. The van der Waals surface area contributed by atoms with Crippen molar-refractivity contribution in [1.82, 2.24) is 15.4 Å². The topological polar surface area (TPSA) is 157 Å². The SMILES string of the molecule is CC1(C)CC(CC(NC(=O)[C@H](CC2CCCCC2)SNC(=O)OC(c2cccc(F)c2)C(C)(C)c2cccc(Cl)c2)C(=O)C(N)=O)C(=O)N1. The molecule has 1 aliphatic carbocycles. The molecule has 49 heavy (non-hydrogen) atoms. The normalized spacial score (nSPS) is 19.6. The van der Waals surface area contributed by atoms with Gasteiger partial charge >= 0.3 is 6.09 Å². The lowest BCUT2D eigenvalue weighted by molar-refractivity contribution is -0.139. The first-order valence-corrected chi connectivity index (χ1v) is 17.9. The Hall–Kier alpha value is -3.64. The highest BCUT2D eigenvalue weighted by Crippen LogP contribution is 2.41. The van der Waals surface area contributed by atoms with E-state index in [9.17, 15) is 28.4 Å². The van der Waals surface area contributed by atoms with Crippen LogP contribution in [0.2, 0.25) is 5.02 Å². The molecular formula is C36H46ClFN4O6S. The second kappa shape index (κ2) is 16.4. The summed E-state index contributed by atoms with van der Waals surface area (Å²) in [5.74, 6) is -3.97. The van der Waals surface area contributed by atoms with Gasteiger partial charge in [0.25, 0.3) is 5.91 Å². The number of carbonyl (C=O) groups excluding carboxylic acids is 5. The Labute approximate surface area is 296 Å². The van der Waals surface area contributed by atoms with Crippen molar-refractivity contribution in [2.75, 3.05) is 0 Å². The molecule has 4 atom stereocenters. The number of hydrogen-bond donors (Lipinski definition) is 4. The quantitative estimate of drug-likeness (QED) is 0.137. The van der Waals surface area contributed by atoms with Crippen molar-refractivity contribution in [3.05, 3.63) is 70.5 Å². The molecule has 1 aliphatic heterocycles. The number of Topliss-reactive ketones (excluding diaryl/α,β-unsaturated/α-hetero) is 1. The van der Waals surface area contributed by atoms with Crippen LogP contribution in [0.1, 0.15) is 96.3 Å². The molecule has 1 saturated carbocycles. The van der Waals surface area contributed by atoms with Crippen LogP contribution in [0.5, 0.6) is 0 Å². The lowest BCUT2D eigenvalue weighted by Crippen LogP contribution is -2.50. The number of ketones is 1. The second-order valence-electron chi connectivity index (χ2n) is 14.3. The van der Waals surface area contributed by atoms with Crippen molar-refractivity contribution in [2.24, 2.45) is 17.6 Å². The summed E-state index contributed by atoms with van der Waals surface area (Å²) in [7, 11) is 0. The van der Waals surface area contributed by atoms with Crippen molar-refractivity contribution < 1.29 is 33.1 Å². The predicted molar refractivity (Wildman–Crippen MR) is 187 cm³/mol. The number of halogens is 2. The Morgan fingerprint density at radius 3 is 2.39 bits per heavy atom. The molecule has 0 radical (unpaired) electrons. The van der Waals surface area contributed by atoms with Crippen molar-refractivity contribution >= 4 is 53.1 Å². The molecule has 266 valence electrons. The van der Waals surface area contributed by atoms with Gasteiger partial charge < -0.3 is 21.1 Å². The number of rotatable bonds is 14. The van der Waals surface area contributed by atoms with Crippen molar-refractivity contribution in [3.8, 4) is 0 Å². The maximum absolute atomic E-state index is 14.4. The predicted octanol–water partition coefficient (Wildman–Crippen LogP) is 6.06. The summed E-state index contributed by atoms with van der Waals surface area (Å²) in [6.07, 6.45) is 3.86. The Morgan fingerprint density at radius 1 is 1.08 bits per heavy atom. The van der Waals surface area contributed by atoms with Gasteiger partial charge in [-0.15, -0.1) is 0 Å². The second-order valence-corrected chi connectivity index (χ2v) is 15.8. The van der Waals surface area contributed by atoms with Gasteiger partial charge in [-0.05, 0) is 86.4 Å². The molecule has 4 rings (SSSR count). The summed E-state index contributed by atoms with van der Waals surface area (Å²) in [6, 6.07) is 11.6. The summed E-state index contributed by atoms with van der Waals surface area (Å²) in [6.45, 7) is 7.42. The summed E-state index contributed by atoms with van der Waals surface area (Å²) >= 11 is 7.13. The molecular weight excluding hydrogens is 671 g/mol. The molecule has 4 amide bonds. The van der Waals surface area contributed by atoms with Crippen LogP contribution in [0.3, 0.4) is 0 Å². The van der Waals surface area contributed by atoms with Gasteiger partial charge in [-0.3, -0.25) is 23.9 Å². The summed E-state index contributed by atoms with van der Waals surface area (Å²) in [5, 5.41) is 5.17. The first kappa shape index (κ1) is 38.2. The van der Waals surface area contributed by atoms with Gasteiger partial charge in [-0.2, -0.15) is 0 Å². The zero-order valence-corrected chi connectivity index (χ0v) is 29.9. The minimum absolute atomic E-state index is 0.0903. The molecule has 0 aromatic heterocycles. The van der Waals surface area contributed by atoms with Gasteiger partial charge in [0.05, 0.1) is 6.04 Å². The van der Waals surface area contributed by atoms with E-state index in [2.05, 4.69) is 15.4 Å². The van der Waals surface area contributed by atoms with Crippen LogP contribution in [-0.2, 0) is 29.3 Å². The minimum atomic E-state index is -1.31. The Morgan fingerprint density at radius 2 is 1.78 bits per heavy atom. The van der Waals surface area contributed by atoms with E-state index in [0.29, 0.717) is 23.4 Å². The van der Waals surface area contributed by atoms with E-state index in [1.54, 1.807) is 24.3 Å². The average Bonchev–Trinajstić information content (AvgIpc) is 3.31. The van der Waals surface area contributed by atoms with E-state index >= 15 is 0 Å². The molecule has 0 spiro atoms. The van der Waals surface area contributed by atoms with Crippen LogP contribution >= 0.6 is 23.5 Å². The van der Waals surface area contributed by atoms with E-state index in [1.165, 1.54) is 18.2 Å². The highest BCUT2D eigenvalue weighted by molar-refractivity contribution is 7.99. The van der Waals surface area contributed by atoms with Crippen molar-refractivity contribution in [2.45, 2.75) is 107 Å². The Kier molecular flexibility index (Phi) is 12.8. The van der Waals surface area contributed by atoms with Crippen LogP contribution in [0.4, 0.5) is 9.18 Å². The van der Waals surface area contributed by atoms with Crippen LogP contribution in [-0.4, -0.2) is 46.4 Å². The summed E-state index contributed by atoms with van der Waals surface area (Å²) < 4.78 is 23.0. The molecule has 2 aromatic carbocycles. The molecule has 10 nitrogen and oxygen atoms in total. The number of nitrogens with two attached hydrogens (primary N) is 1. The van der Waals surface area contributed by atoms with E-state index in [0.717, 1.165) is 49.6 Å². The molecule has 5 N–H and O–H groups in total. The third-order valence-corrected chi connectivity index (χ3v) is 10.6. The molecule has 2 aromatic rings. The number of hydrogen-bond acceptors (Lipinski definition) is 7. The number of ether oxygens (including phenoxy) is 1. The fraction of sp³-hybridized carbons (Fsp3) is 0.528. The molecule has 1 saturated heterocycles. The van der Waals surface area contributed by atoms with Crippen LogP contribution in [0.15, 0.2) is 48.5 Å². The smallest absolute Gasteiger partial charge is 0.417 e. The van der Waals surface area contributed by atoms with E-state index in [-0.39, 0.29) is 18.2 Å². The maximum Gasteiger partial charge on any atom is 0.417 e. The van der Waals surface area contributed by atoms with Crippen LogP contribution < -0.4 is 21.1 Å². The maximum atomic E-state index is 14.4. The van der Waals surface area contributed by atoms with Crippen molar-refractivity contribution in [3.63, 3.8) is 0 Å². The molecule has 3 unspecified atom stereocenters. The molecule has 0 bridgehead atoms. The van der Waals surface area contributed by atoms with Gasteiger partial charge in [0.15, 0.2) is 0 Å². The standard InChI is InChI=1S/C36H46ClFN4O6S/c1-35(2)20-23(32(45)41-35)18-27(29(43)31(39)44)40-33(46)28(16-21-10-6-5-7-11-21)49-42-34(47)48-30(22-12-8-15-26(38)17-22)36(3,4)24-13-9-14-25(37)19-24/h8-9,12-15,17,19,21,23,27-28,30H,5-7,10-11,16,18,20H2,1-4H3,(H2,39,44)(H,40,46)(H,41,45)(H,42,47)/t23?,27?,28-,30?/m0/s1. The lowest BCUT2D eigenvalue weighted by atomic mass is 9.76. The van der Waals surface area contributed by atoms with E-state index in [4.69, 9.17) is 22.1 Å². The highest BCUT2D eigenvalue weighted by atomic mass is 35.5. The molecule has 1 heterocycles. The average molecular weight is 717 g/mol. The number of amides is 4. The number of carbonyl (C=O) groups is 5. The summed E-state index contributed by atoms with van der Waals surface area (Å²) in [5.41, 5.74) is 5.16. The first-order chi connectivity index (χ1) is 23.1. The highest BCUT2D eigenvalue weighted by Gasteiger charge is 2.41. The van der Waals surface area contributed by atoms with E-state index in [1.807, 2.05) is 33.8 Å². The molecule has 2 aliphatic rings. The molecule has 13 heteroatoms. The number of benzene rings is 2. The number of nitrogens with one attached hydrogen (secondary N) is 3. The lowest BCUT2D eigenvalue weighted by Gasteiger charge is -2.35. The van der Waals surface area contributed by atoms with Crippen molar-refractivity contribution in [1.29, 1.82) is 0 Å². The zero-order valence-electron chi connectivity index (χ0n) is 28.4. The van der Waals surface area contributed by atoms with Gasteiger partial charge in [0, 0.05) is 21.9 Å². The fourth-order valence-corrected chi connectivity index (χ4v) is 7.89. The van der Waals surface area contributed by atoms with Gasteiger partial charge in [-0.1, -0.05) is 81.8 Å². The van der Waals surface area contributed by atoms with Gasteiger partial charge in [-0.25, -0.2) is 9.18 Å². The first-order valence-electron chi connectivity index (χ1n) is 16.7. The fourth-order valence-electron chi connectivity index (χ4n) is 6.87. The van der Waals surface area contributed by atoms with E-state index < -0.39 is 63.8 Å².